The number of aromatic nitrogens is 2. The maximum atomic E-state index is 11.8. The van der Waals surface area contributed by atoms with Crippen LogP contribution in [0.15, 0.2) is 48.7 Å². The van der Waals surface area contributed by atoms with Crippen LogP contribution in [0.25, 0.3) is 10.9 Å². The molecule has 2 heterocycles. The van der Waals surface area contributed by atoms with Gasteiger partial charge in [-0.1, -0.05) is 31.5 Å². The quantitative estimate of drug-likeness (QED) is 0.475. The third-order valence-electron chi connectivity index (χ3n) is 4.26. The first kappa shape index (κ1) is 19.1. The third-order valence-corrected chi connectivity index (χ3v) is 4.26. The summed E-state index contributed by atoms with van der Waals surface area (Å²) in [4.78, 5) is 32.2. The molecule has 0 aliphatic heterocycles. The van der Waals surface area contributed by atoms with E-state index in [1.807, 2.05) is 37.3 Å². The number of benzene rings is 1. The van der Waals surface area contributed by atoms with Crippen LogP contribution < -0.4 is 22.1 Å². The number of primary amides is 2. The standard InChI is InChI=1S/C20H22N6O2/c1-2-5-16(19(22)28)25-17-9-8-14(18(21)27)20(26-17)24-13-10-12-6-3-4-7-15(12)23-11-13/h3-4,6-11,16H,2,5H2,1H3,(H2,21,27)(H2,22,28)(H2,24,25,26)/t16-/m1/s1. The topological polar surface area (TPSA) is 136 Å². The monoisotopic (exact) mass is 378 g/mol. The molecule has 0 fully saturated rings. The molecule has 0 bridgehead atoms. The third kappa shape index (κ3) is 4.35. The molecule has 2 aromatic heterocycles. The summed E-state index contributed by atoms with van der Waals surface area (Å²) < 4.78 is 0. The van der Waals surface area contributed by atoms with Gasteiger partial charge in [0.15, 0.2) is 0 Å². The molecule has 1 atom stereocenters. The Morgan fingerprint density at radius 3 is 2.64 bits per heavy atom. The van der Waals surface area contributed by atoms with E-state index in [-0.39, 0.29) is 11.4 Å². The molecule has 8 nitrogen and oxygen atoms in total. The van der Waals surface area contributed by atoms with Gasteiger partial charge in [-0.15, -0.1) is 0 Å². The summed E-state index contributed by atoms with van der Waals surface area (Å²) in [5, 5.41) is 7.04. The van der Waals surface area contributed by atoms with Crippen LogP contribution in [0.2, 0.25) is 0 Å². The fourth-order valence-electron chi connectivity index (χ4n) is 2.86. The van der Waals surface area contributed by atoms with Gasteiger partial charge in [0.05, 0.1) is 23.0 Å². The van der Waals surface area contributed by atoms with E-state index < -0.39 is 17.9 Å². The van der Waals surface area contributed by atoms with Crippen LogP contribution in [-0.4, -0.2) is 27.8 Å². The van der Waals surface area contributed by atoms with Gasteiger partial charge in [-0.05, 0) is 30.7 Å². The Morgan fingerprint density at radius 1 is 1.14 bits per heavy atom. The van der Waals surface area contributed by atoms with Crippen molar-refractivity contribution in [3.8, 4) is 0 Å². The highest BCUT2D eigenvalue weighted by atomic mass is 16.1. The Hall–Kier alpha value is -3.68. The molecule has 1 aromatic carbocycles. The number of rotatable bonds is 8. The molecule has 2 amide bonds. The number of para-hydroxylation sites is 1. The smallest absolute Gasteiger partial charge is 0.252 e. The van der Waals surface area contributed by atoms with E-state index in [0.29, 0.717) is 17.9 Å². The van der Waals surface area contributed by atoms with Crippen molar-refractivity contribution in [1.29, 1.82) is 0 Å². The first-order chi connectivity index (χ1) is 13.5. The van der Waals surface area contributed by atoms with Gasteiger partial charge in [0.2, 0.25) is 5.91 Å². The van der Waals surface area contributed by atoms with Crippen molar-refractivity contribution in [2.75, 3.05) is 10.6 Å². The lowest BCUT2D eigenvalue weighted by Crippen LogP contribution is -2.35. The van der Waals surface area contributed by atoms with Crippen molar-refractivity contribution in [3.05, 3.63) is 54.2 Å². The number of carbonyl (C=O) groups excluding carboxylic acids is 2. The zero-order valence-electron chi connectivity index (χ0n) is 15.5. The van der Waals surface area contributed by atoms with Gasteiger partial charge in [0.1, 0.15) is 17.7 Å². The molecule has 3 rings (SSSR count). The van der Waals surface area contributed by atoms with Gasteiger partial charge >= 0.3 is 0 Å². The first-order valence-electron chi connectivity index (χ1n) is 8.96. The molecular formula is C20H22N6O2. The van der Waals surface area contributed by atoms with E-state index in [0.717, 1.165) is 17.3 Å². The van der Waals surface area contributed by atoms with Crippen molar-refractivity contribution in [1.82, 2.24) is 9.97 Å². The average Bonchev–Trinajstić information content (AvgIpc) is 2.67. The molecule has 6 N–H and O–H groups in total. The number of anilines is 3. The van der Waals surface area contributed by atoms with Crippen LogP contribution in [0.5, 0.6) is 0 Å². The van der Waals surface area contributed by atoms with E-state index in [2.05, 4.69) is 20.6 Å². The Kier molecular flexibility index (Phi) is 5.69. The van der Waals surface area contributed by atoms with Crippen molar-refractivity contribution in [3.63, 3.8) is 0 Å². The van der Waals surface area contributed by atoms with Gasteiger partial charge in [0, 0.05) is 5.39 Å². The molecule has 8 heteroatoms. The fraction of sp³-hybridized carbons (Fsp3) is 0.200. The van der Waals surface area contributed by atoms with Crippen LogP contribution >= 0.6 is 0 Å². The summed E-state index contributed by atoms with van der Waals surface area (Å²) in [6, 6.07) is 12.2. The molecular weight excluding hydrogens is 356 g/mol. The maximum Gasteiger partial charge on any atom is 0.252 e. The largest absolute Gasteiger partial charge is 0.368 e. The number of carbonyl (C=O) groups is 2. The maximum absolute atomic E-state index is 11.8. The van der Waals surface area contributed by atoms with Gasteiger partial charge in [0.25, 0.3) is 5.91 Å². The minimum atomic E-state index is -0.615. The second-order valence-corrected chi connectivity index (χ2v) is 6.39. The van der Waals surface area contributed by atoms with Crippen molar-refractivity contribution >= 4 is 40.0 Å². The average molecular weight is 378 g/mol. The number of hydrogen-bond acceptors (Lipinski definition) is 6. The molecule has 0 unspecified atom stereocenters. The minimum Gasteiger partial charge on any atom is -0.368 e. The second kappa shape index (κ2) is 8.34. The summed E-state index contributed by atoms with van der Waals surface area (Å²) in [6.07, 6.45) is 3.01. The Morgan fingerprint density at radius 2 is 1.93 bits per heavy atom. The highest BCUT2D eigenvalue weighted by Gasteiger charge is 2.17. The van der Waals surface area contributed by atoms with E-state index in [1.165, 1.54) is 0 Å². The molecule has 0 aliphatic rings. The van der Waals surface area contributed by atoms with Gasteiger partial charge in [-0.25, -0.2) is 4.98 Å². The number of nitrogens with one attached hydrogen (secondary N) is 2. The van der Waals surface area contributed by atoms with Crippen molar-refractivity contribution < 1.29 is 9.59 Å². The number of hydrogen-bond donors (Lipinski definition) is 4. The first-order valence-corrected chi connectivity index (χ1v) is 8.96. The highest BCUT2D eigenvalue weighted by molar-refractivity contribution is 5.99. The Balaban J connectivity index is 1.92. The lowest BCUT2D eigenvalue weighted by Gasteiger charge is -2.17. The molecule has 0 spiro atoms. The lowest BCUT2D eigenvalue weighted by molar-refractivity contribution is -0.118. The van der Waals surface area contributed by atoms with Crippen LogP contribution in [0.1, 0.15) is 30.1 Å². The summed E-state index contributed by atoms with van der Waals surface area (Å²) in [6.45, 7) is 1.96. The summed E-state index contributed by atoms with van der Waals surface area (Å²) in [5.74, 6) is -0.390. The predicted octanol–water partition coefficient (Wildman–Crippen LogP) is 2.54. The number of pyridine rings is 2. The molecule has 0 saturated heterocycles. The minimum absolute atomic E-state index is 0.227. The molecule has 144 valence electrons. The van der Waals surface area contributed by atoms with Crippen LogP contribution in [0.4, 0.5) is 17.3 Å². The lowest BCUT2D eigenvalue weighted by atomic mass is 10.1. The highest BCUT2D eigenvalue weighted by Crippen LogP contribution is 2.23. The summed E-state index contributed by atoms with van der Waals surface area (Å²) in [7, 11) is 0. The van der Waals surface area contributed by atoms with Crippen LogP contribution in [0.3, 0.4) is 0 Å². The zero-order chi connectivity index (χ0) is 20.1. The molecule has 28 heavy (non-hydrogen) atoms. The molecule has 0 aliphatic carbocycles. The number of amides is 2. The van der Waals surface area contributed by atoms with Crippen molar-refractivity contribution in [2.24, 2.45) is 11.5 Å². The Labute approximate surface area is 162 Å². The van der Waals surface area contributed by atoms with Crippen molar-refractivity contribution in [2.45, 2.75) is 25.8 Å². The second-order valence-electron chi connectivity index (χ2n) is 6.39. The summed E-state index contributed by atoms with van der Waals surface area (Å²) in [5.41, 5.74) is 12.7. The summed E-state index contributed by atoms with van der Waals surface area (Å²) >= 11 is 0. The normalized spacial score (nSPS) is 11.8. The number of nitrogens with two attached hydrogens (primary N) is 2. The molecule has 3 aromatic rings. The number of nitrogens with zero attached hydrogens (tertiary/aromatic N) is 2. The Bertz CT molecular complexity index is 1020. The van der Waals surface area contributed by atoms with Crippen LogP contribution in [0, 0.1) is 0 Å². The molecule has 0 radical (unpaired) electrons. The van der Waals surface area contributed by atoms with E-state index >= 15 is 0 Å². The van der Waals surface area contributed by atoms with Gasteiger partial charge < -0.3 is 22.1 Å². The van der Waals surface area contributed by atoms with E-state index in [4.69, 9.17) is 11.5 Å². The SMILES string of the molecule is CCC[C@@H](Nc1ccc(C(N)=O)c(Nc2cnc3ccccc3c2)n1)C(N)=O. The van der Waals surface area contributed by atoms with E-state index in [9.17, 15) is 9.59 Å². The van der Waals surface area contributed by atoms with Crippen LogP contribution in [-0.2, 0) is 4.79 Å². The predicted molar refractivity (Wildman–Crippen MR) is 109 cm³/mol. The van der Waals surface area contributed by atoms with E-state index in [1.54, 1.807) is 18.3 Å². The zero-order valence-corrected chi connectivity index (χ0v) is 15.5. The fourth-order valence-corrected chi connectivity index (χ4v) is 2.86. The van der Waals surface area contributed by atoms with Gasteiger partial charge in [-0.3, -0.25) is 14.6 Å². The molecule has 0 saturated carbocycles. The van der Waals surface area contributed by atoms with Gasteiger partial charge in [-0.2, -0.15) is 0 Å². The number of fused-ring (bicyclic) bond motifs is 1.